The van der Waals surface area contributed by atoms with Crippen molar-refractivity contribution >= 4 is 17.6 Å². The van der Waals surface area contributed by atoms with Gasteiger partial charge in [-0.25, -0.2) is 0 Å². The van der Waals surface area contributed by atoms with Crippen LogP contribution in [0.4, 0.5) is 0 Å². The van der Waals surface area contributed by atoms with E-state index in [0.29, 0.717) is 10.6 Å². The lowest BCUT2D eigenvalue weighted by atomic mass is 10.0. The molecule has 1 rings (SSSR count). The lowest BCUT2D eigenvalue weighted by Crippen LogP contribution is -2.36. The lowest BCUT2D eigenvalue weighted by Gasteiger charge is -2.14. The Hall–Kier alpha value is -1.10. The summed E-state index contributed by atoms with van der Waals surface area (Å²) in [5, 5.41) is 18.6. The fourth-order valence-corrected chi connectivity index (χ4v) is 1.13. The highest BCUT2D eigenvalue weighted by atomic mass is 35.5. The van der Waals surface area contributed by atoms with Crippen LogP contribution in [0.2, 0.25) is 5.02 Å². The van der Waals surface area contributed by atoms with E-state index in [2.05, 4.69) is 0 Å². The maximum absolute atomic E-state index is 10.5. The second-order valence-corrected chi connectivity index (χ2v) is 3.30. The van der Waals surface area contributed by atoms with Crippen molar-refractivity contribution in [2.75, 3.05) is 0 Å². The topological polar surface area (TPSA) is 83.6 Å². The van der Waals surface area contributed by atoms with Gasteiger partial charge in [0, 0.05) is 5.02 Å². The third-order valence-corrected chi connectivity index (χ3v) is 2.09. The predicted octanol–water partition coefficient (Wildman–Crippen LogP) is 0.785. The van der Waals surface area contributed by atoms with E-state index >= 15 is 0 Å². The Balaban J connectivity index is 2.84. The molecule has 0 aromatic heterocycles. The van der Waals surface area contributed by atoms with Gasteiger partial charge in [0.1, 0.15) is 12.1 Å². The van der Waals surface area contributed by atoms with Gasteiger partial charge in [-0.3, -0.25) is 4.79 Å². The highest BCUT2D eigenvalue weighted by molar-refractivity contribution is 6.30. The van der Waals surface area contributed by atoms with Crippen molar-refractivity contribution in [1.29, 1.82) is 0 Å². The van der Waals surface area contributed by atoms with E-state index in [1.165, 1.54) is 12.1 Å². The van der Waals surface area contributed by atoms with Crippen LogP contribution in [0.5, 0.6) is 0 Å². The van der Waals surface area contributed by atoms with Crippen LogP contribution in [0.15, 0.2) is 24.3 Å². The zero-order valence-electron chi connectivity index (χ0n) is 7.22. The van der Waals surface area contributed by atoms with Gasteiger partial charge in [0.05, 0.1) is 0 Å². The zero-order chi connectivity index (χ0) is 10.7. The van der Waals surface area contributed by atoms with Gasteiger partial charge in [-0.15, -0.1) is 0 Å². The molecular formula is C9H10ClNO3. The Labute approximate surface area is 85.9 Å². The molecule has 1 aromatic rings. The summed E-state index contributed by atoms with van der Waals surface area (Å²) < 4.78 is 0. The number of carbonyl (C=O) groups is 1. The van der Waals surface area contributed by atoms with Crippen LogP contribution >= 0.6 is 11.6 Å². The Morgan fingerprint density at radius 3 is 2.29 bits per heavy atom. The van der Waals surface area contributed by atoms with Crippen LogP contribution in [0.25, 0.3) is 0 Å². The van der Waals surface area contributed by atoms with E-state index in [-0.39, 0.29) is 0 Å². The van der Waals surface area contributed by atoms with Crippen molar-refractivity contribution in [2.45, 2.75) is 12.1 Å². The quantitative estimate of drug-likeness (QED) is 0.696. The van der Waals surface area contributed by atoms with Gasteiger partial charge in [-0.05, 0) is 17.7 Å². The molecule has 4 N–H and O–H groups in total. The third-order valence-electron chi connectivity index (χ3n) is 1.84. The van der Waals surface area contributed by atoms with Gasteiger partial charge in [-0.2, -0.15) is 0 Å². The average molecular weight is 216 g/mol. The van der Waals surface area contributed by atoms with Crippen LogP contribution in [0.3, 0.4) is 0 Å². The number of hydrogen-bond donors (Lipinski definition) is 3. The van der Waals surface area contributed by atoms with Crippen LogP contribution in [0, 0.1) is 0 Å². The summed E-state index contributed by atoms with van der Waals surface area (Å²) >= 11 is 5.63. The summed E-state index contributed by atoms with van der Waals surface area (Å²) in [4.78, 5) is 10.5. The molecule has 2 unspecified atom stereocenters. The second kappa shape index (κ2) is 4.41. The van der Waals surface area contributed by atoms with Gasteiger partial charge in [0.15, 0.2) is 0 Å². The summed E-state index contributed by atoms with van der Waals surface area (Å²) in [6.45, 7) is 0. The normalized spacial score (nSPS) is 14.8. The van der Waals surface area contributed by atoms with E-state index < -0.39 is 18.1 Å². The molecule has 0 aliphatic heterocycles. The highest BCUT2D eigenvalue weighted by Gasteiger charge is 2.23. The molecule has 0 amide bonds. The molecule has 0 bridgehead atoms. The summed E-state index contributed by atoms with van der Waals surface area (Å²) in [6.07, 6.45) is -1.22. The average Bonchev–Trinajstić information content (AvgIpc) is 2.16. The van der Waals surface area contributed by atoms with Gasteiger partial charge >= 0.3 is 5.97 Å². The molecule has 0 spiro atoms. The van der Waals surface area contributed by atoms with E-state index in [1.54, 1.807) is 12.1 Å². The van der Waals surface area contributed by atoms with E-state index in [4.69, 9.17) is 22.4 Å². The monoisotopic (exact) mass is 215 g/mol. The molecule has 14 heavy (non-hydrogen) atoms. The number of aliphatic hydroxyl groups excluding tert-OH is 1. The van der Waals surface area contributed by atoms with Gasteiger partial charge in [-0.1, -0.05) is 23.7 Å². The van der Waals surface area contributed by atoms with E-state index in [9.17, 15) is 9.90 Å². The molecule has 0 saturated carbocycles. The Kier molecular flexibility index (Phi) is 3.46. The van der Waals surface area contributed by atoms with Gasteiger partial charge in [0.2, 0.25) is 0 Å². The van der Waals surface area contributed by atoms with Crippen molar-refractivity contribution in [1.82, 2.24) is 0 Å². The smallest absolute Gasteiger partial charge is 0.323 e. The first-order valence-corrected chi connectivity index (χ1v) is 4.32. The minimum absolute atomic E-state index is 0.435. The summed E-state index contributed by atoms with van der Waals surface area (Å²) in [5.41, 5.74) is 5.68. The maximum Gasteiger partial charge on any atom is 0.323 e. The second-order valence-electron chi connectivity index (χ2n) is 2.86. The molecular weight excluding hydrogens is 206 g/mol. The minimum atomic E-state index is -1.32. The Bertz CT molecular complexity index is 325. The molecule has 76 valence electrons. The van der Waals surface area contributed by atoms with Gasteiger partial charge < -0.3 is 15.9 Å². The van der Waals surface area contributed by atoms with Crippen molar-refractivity contribution in [3.05, 3.63) is 34.9 Å². The zero-order valence-corrected chi connectivity index (χ0v) is 7.98. The summed E-state index contributed by atoms with van der Waals surface area (Å²) in [7, 11) is 0. The first-order chi connectivity index (χ1) is 6.52. The Morgan fingerprint density at radius 1 is 1.36 bits per heavy atom. The SMILES string of the molecule is NC(C(=O)O)C(O)c1ccc(Cl)cc1. The van der Waals surface area contributed by atoms with E-state index in [0.717, 1.165) is 0 Å². The molecule has 5 heteroatoms. The highest BCUT2D eigenvalue weighted by Crippen LogP contribution is 2.18. The first-order valence-electron chi connectivity index (χ1n) is 3.94. The number of carboxylic acids is 1. The molecule has 0 radical (unpaired) electrons. The third kappa shape index (κ3) is 2.45. The molecule has 4 nitrogen and oxygen atoms in total. The van der Waals surface area contributed by atoms with Gasteiger partial charge in [0.25, 0.3) is 0 Å². The number of carboxylic acid groups (broad SMARTS) is 1. The summed E-state index contributed by atoms with van der Waals surface area (Å²) in [6, 6.07) is 4.88. The number of hydrogen-bond acceptors (Lipinski definition) is 3. The van der Waals surface area contributed by atoms with E-state index in [1.807, 2.05) is 0 Å². The van der Waals surface area contributed by atoms with Crippen molar-refractivity contribution in [2.24, 2.45) is 5.73 Å². The largest absolute Gasteiger partial charge is 0.480 e. The van der Waals surface area contributed by atoms with Crippen molar-refractivity contribution < 1.29 is 15.0 Å². The standard InChI is InChI=1S/C9H10ClNO3/c10-6-3-1-5(2-4-6)8(12)7(11)9(13)14/h1-4,7-8,12H,11H2,(H,13,14). The van der Waals surface area contributed by atoms with Crippen molar-refractivity contribution in [3.63, 3.8) is 0 Å². The van der Waals surface area contributed by atoms with Crippen LogP contribution in [-0.2, 0) is 4.79 Å². The molecule has 2 atom stereocenters. The van der Waals surface area contributed by atoms with Crippen LogP contribution in [-0.4, -0.2) is 22.2 Å². The van der Waals surface area contributed by atoms with Crippen molar-refractivity contribution in [3.8, 4) is 0 Å². The summed E-state index contributed by atoms with van der Waals surface area (Å²) in [5.74, 6) is -1.24. The molecule has 0 heterocycles. The number of halogens is 1. The fraction of sp³-hybridized carbons (Fsp3) is 0.222. The fourth-order valence-electron chi connectivity index (χ4n) is 1.00. The predicted molar refractivity (Wildman–Crippen MR) is 52.0 cm³/mol. The number of benzene rings is 1. The molecule has 1 aromatic carbocycles. The Morgan fingerprint density at radius 2 is 1.86 bits per heavy atom. The molecule has 0 saturated heterocycles. The van der Waals surface area contributed by atoms with Crippen LogP contribution in [0.1, 0.15) is 11.7 Å². The molecule has 0 aliphatic carbocycles. The maximum atomic E-state index is 10.5. The molecule has 0 aliphatic rings. The minimum Gasteiger partial charge on any atom is -0.480 e. The van der Waals surface area contributed by atoms with Crippen LogP contribution < -0.4 is 5.73 Å². The first kappa shape index (κ1) is 11.0. The lowest BCUT2D eigenvalue weighted by molar-refractivity contribution is -0.141. The number of aliphatic carboxylic acids is 1. The molecule has 0 fully saturated rings. The number of rotatable bonds is 3. The number of aliphatic hydroxyl groups is 1. The number of nitrogens with two attached hydrogens (primary N) is 1.